The molecule has 2 aromatic rings. The van der Waals surface area contributed by atoms with Gasteiger partial charge in [0.15, 0.2) is 0 Å². The first-order valence-corrected chi connectivity index (χ1v) is 9.50. The number of nitriles is 1. The first-order chi connectivity index (χ1) is 14.4. The van der Waals surface area contributed by atoms with Gasteiger partial charge in [-0.25, -0.2) is 0 Å². The van der Waals surface area contributed by atoms with Gasteiger partial charge >= 0.3 is 0 Å². The molecule has 30 heavy (non-hydrogen) atoms. The first-order valence-electron chi connectivity index (χ1n) is 9.50. The van der Waals surface area contributed by atoms with E-state index in [0.717, 1.165) is 11.1 Å². The van der Waals surface area contributed by atoms with E-state index in [9.17, 15) is 20.2 Å². The summed E-state index contributed by atoms with van der Waals surface area (Å²) >= 11 is 0. The van der Waals surface area contributed by atoms with Gasteiger partial charge in [0.2, 0.25) is 0 Å². The van der Waals surface area contributed by atoms with Crippen molar-refractivity contribution in [2.45, 2.75) is 13.8 Å². The lowest BCUT2D eigenvalue weighted by Gasteiger charge is -2.28. The molecule has 1 amide bonds. The number of nitrogens with zero attached hydrogens (tertiary/aromatic N) is 3. The Morgan fingerprint density at radius 2 is 1.97 bits per heavy atom. The number of nitrogens with one attached hydrogen (secondary N) is 1. The molecule has 0 radical (unpaired) electrons. The van der Waals surface area contributed by atoms with Gasteiger partial charge in [0.25, 0.3) is 11.6 Å². The summed E-state index contributed by atoms with van der Waals surface area (Å²) in [5, 5.41) is 23.8. The van der Waals surface area contributed by atoms with Crippen molar-refractivity contribution in [3.8, 4) is 6.07 Å². The lowest BCUT2D eigenvalue weighted by Crippen LogP contribution is -2.36. The molecule has 2 aromatic carbocycles. The number of carbonyl (C=O) groups excluding carboxylic acids is 1. The number of ether oxygens (including phenoxy) is 1. The van der Waals surface area contributed by atoms with Crippen molar-refractivity contribution in [3.05, 3.63) is 68.8 Å². The van der Waals surface area contributed by atoms with Crippen LogP contribution in [0, 0.1) is 35.3 Å². The third-order valence-corrected chi connectivity index (χ3v) is 4.87. The number of carbonyl (C=O) groups is 1. The van der Waals surface area contributed by atoms with Gasteiger partial charge in [-0.3, -0.25) is 14.9 Å². The van der Waals surface area contributed by atoms with Crippen molar-refractivity contribution in [1.29, 1.82) is 5.26 Å². The minimum Gasteiger partial charge on any atom is -0.378 e. The molecule has 154 valence electrons. The van der Waals surface area contributed by atoms with Crippen LogP contribution in [0.1, 0.15) is 16.7 Å². The average molecular weight is 406 g/mol. The average Bonchev–Trinajstić information content (AvgIpc) is 2.75. The van der Waals surface area contributed by atoms with Gasteiger partial charge in [0, 0.05) is 24.8 Å². The fraction of sp³-hybridized carbons (Fsp3) is 0.273. The summed E-state index contributed by atoms with van der Waals surface area (Å²) in [6.07, 6.45) is 1.36. The van der Waals surface area contributed by atoms with Crippen molar-refractivity contribution in [1.82, 2.24) is 0 Å². The molecule has 1 N–H and O–H groups in total. The molecule has 0 unspecified atom stereocenters. The van der Waals surface area contributed by atoms with Gasteiger partial charge in [0.1, 0.15) is 17.3 Å². The highest BCUT2D eigenvalue weighted by Crippen LogP contribution is 2.30. The molecule has 0 saturated carbocycles. The molecule has 1 aliphatic rings. The van der Waals surface area contributed by atoms with Crippen molar-refractivity contribution >= 4 is 29.0 Å². The minimum atomic E-state index is -0.564. The monoisotopic (exact) mass is 406 g/mol. The Morgan fingerprint density at radius 1 is 1.23 bits per heavy atom. The summed E-state index contributed by atoms with van der Waals surface area (Å²) in [7, 11) is 0. The Bertz CT molecular complexity index is 1050. The zero-order valence-electron chi connectivity index (χ0n) is 16.8. The molecule has 1 fully saturated rings. The number of nitro benzene ring substituents is 1. The summed E-state index contributed by atoms with van der Waals surface area (Å²) in [4.78, 5) is 25.6. The predicted octanol–water partition coefficient (Wildman–Crippen LogP) is 3.59. The molecule has 0 aromatic heterocycles. The number of hydrogen-bond donors (Lipinski definition) is 1. The van der Waals surface area contributed by atoms with Crippen molar-refractivity contribution in [2.24, 2.45) is 0 Å². The summed E-state index contributed by atoms with van der Waals surface area (Å²) in [5.74, 6) is -0.564. The molecule has 1 heterocycles. The third-order valence-electron chi connectivity index (χ3n) is 4.87. The van der Waals surface area contributed by atoms with E-state index < -0.39 is 10.8 Å². The lowest BCUT2D eigenvalue weighted by molar-refractivity contribution is -0.384. The van der Waals surface area contributed by atoms with Crippen LogP contribution in [0.3, 0.4) is 0 Å². The molecule has 0 atom stereocenters. The molecule has 1 aliphatic heterocycles. The Morgan fingerprint density at radius 3 is 2.63 bits per heavy atom. The number of aryl methyl sites for hydroxylation is 2. The van der Waals surface area contributed by atoms with Crippen LogP contribution in [0.5, 0.6) is 0 Å². The summed E-state index contributed by atoms with van der Waals surface area (Å²) in [6.45, 7) is 5.92. The van der Waals surface area contributed by atoms with Gasteiger partial charge in [-0.05, 0) is 48.7 Å². The Kier molecular flexibility index (Phi) is 6.45. The smallest absolute Gasteiger partial charge is 0.293 e. The van der Waals surface area contributed by atoms with Gasteiger partial charge in [0.05, 0.1) is 18.1 Å². The van der Waals surface area contributed by atoms with E-state index in [1.807, 2.05) is 43.0 Å². The molecular formula is C22H22N4O4. The number of anilines is 2. The van der Waals surface area contributed by atoms with Crippen LogP contribution in [-0.2, 0) is 9.53 Å². The molecule has 0 spiro atoms. The standard InChI is InChI=1S/C22H22N4O4/c1-15-3-4-16(2)19(11-15)24-22(27)18(14-23)12-17-5-6-20(21(13-17)26(28)29)25-7-9-30-10-8-25/h3-6,11-13H,7-10H2,1-2H3,(H,24,27)/b18-12+. The fourth-order valence-corrected chi connectivity index (χ4v) is 3.22. The Hall–Kier alpha value is -3.70. The summed E-state index contributed by atoms with van der Waals surface area (Å²) < 4.78 is 5.30. The normalized spacial score (nSPS) is 14.2. The Balaban J connectivity index is 1.88. The van der Waals surface area contributed by atoms with Gasteiger partial charge < -0.3 is 15.0 Å². The van der Waals surface area contributed by atoms with Crippen LogP contribution < -0.4 is 10.2 Å². The van der Waals surface area contributed by atoms with Crippen LogP contribution in [-0.4, -0.2) is 37.1 Å². The lowest BCUT2D eigenvalue weighted by atomic mass is 10.1. The maximum Gasteiger partial charge on any atom is 0.293 e. The van der Waals surface area contributed by atoms with E-state index in [2.05, 4.69) is 5.32 Å². The van der Waals surface area contributed by atoms with E-state index in [0.29, 0.717) is 43.2 Å². The first kappa shape index (κ1) is 21.0. The highest BCUT2D eigenvalue weighted by molar-refractivity contribution is 6.10. The Labute approximate surface area is 174 Å². The maximum absolute atomic E-state index is 12.6. The second-order valence-electron chi connectivity index (χ2n) is 7.05. The number of morpholine rings is 1. The van der Waals surface area contributed by atoms with E-state index in [1.165, 1.54) is 12.1 Å². The van der Waals surface area contributed by atoms with Crippen LogP contribution in [0.15, 0.2) is 42.0 Å². The van der Waals surface area contributed by atoms with Crippen LogP contribution in [0.2, 0.25) is 0 Å². The number of amides is 1. The van der Waals surface area contributed by atoms with E-state index in [4.69, 9.17) is 4.74 Å². The van der Waals surface area contributed by atoms with Crippen molar-refractivity contribution in [3.63, 3.8) is 0 Å². The number of hydrogen-bond acceptors (Lipinski definition) is 6. The molecule has 8 nitrogen and oxygen atoms in total. The van der Waals surface area contributed by atoms with Crippen LogP contribution in [0.4, 0.5) is 17.1 Å². The largest absolute Gasteiger partial charge is 0.378 e. The zero-order chi connectivity index (χ0) is 21.7. The summed E-state index contributed by atoms with van der Waals surface area (Å²) in [6, 6.07) is 12.2. The van der Waals surface area contributed by atoms with Gasteiger partial charge in [-0.2, -0.15) is 5.26 Å². The molecular weight excluding hydrogens is 384 g/mol. The molecule has 3 rings (SSSR count). The van der Waals surface area contributed by atoms with Crippen molar-refractivity contribution < 1.29 is 14.5 Å². The number of benzene rings is 2. The highest BCUT2D eigenvalue weighted by atomic mass is 16.6. The highest BCUT2D eigenvalue weighted by Gasteiger charge is 2.22. The van der Waals surface area contributed by atoms with E-state index in [-0.39, 0.29) is 11.3 Å². The maximum atomic E-state index is 12.6. The minimum absolute atomic E-state index is 0.0714. The molecule has 1 saturated heterocycles. The zero-order valence-corrected chi connectivity index (χ0v) is 16.8. The topological polar surface area (TPSA) is 108 Å². The second-order valence-corrected chi connectivity index (χ2v) is 7.05. The predicted molar refractivity (Wildman–Crippen MR) is 114 cm³/mol. The van der Waals surface area contributed by atoms with Gasteiger partial charge in [-0.15, -0.1) is 0 Å². The molecule has 0 aliphatic carbocycles. The quantitative estimate of drug-likeness (QED) is 0.352. The molecule has 0 bridgehead atoms. The third kappa shape index (κ3) is 4.82. The van der Waals surface area contributed by atoms with Crippen LogP contribution >= 0.6 is 0 Å². The van der Waals surface area contributed by atoms with E-state index in [1.54, 1.807) is 12.1 Å². The molecule has 8 heteroatoms. The SMILES string of the molecule is Cc1ccc(C)c(NC(=O)/C(C#N)=C/c2ccc(N3CCOCC3)c([N+](=O)[O-])c2)c1. The van der Waals surface area contributed by atoms with E-state index >= 15 is 0 Å². The van der Waals surface area contributed by atoms with Crippen molar-refractivity contribution in [2.75, 3.05) is 36.5 Å². The second kappa shape index (κ2) is 9.20. The van der Waals surface area contributed by atoms with Crippen LogP contribution in [0.25, 0.3) is 6.08 Å². The number of nitro groups is 1. The summed E-state index contributed by atoms with van der Waals surface area (Å²) in [5.41, 5.74) is 3.17. The number of rotatable bonds is 5. The van der Waals surface area contributed by atoms with Gasteiger partial charge in [-0.1, -0.05) is 18.2 Å². The fourth-order valence-electron chi connectivity index (χ4n) is 3.22.